The van der Waals surface area contributed by atoms with Crippen LogP contribution in [0.3, 0.4) is 0 Å². The number of para-hydroxylation sites is 1. The third-order valence-electron chi connectivity index (χ3n) is 6.75. The number of halogens is 1. The summed E-state index contributed by atoms with van der Waals surface area (Å²) in [4.78, 5) is 19.7. The Labute approximate surface area is 239 Å². The molecule has 39 heavy (non-hydrogen) atoms. The van der Waals surface area contributed by atoms with E-state index in [1.165, 1.54) is 40.8 Å². The first-order valence-corrected chi connectivity index (χ1v) is 16.0. The van der Waals surface area contributed by atoms with Gasteiger partial charge in [0.2, 0.25) is 0 Å². The number of benzene rings is 3. The van der Waals surface area contributed by atoms with Crippen molar-refractivity contribution in [3.63, 3.8) is 0 Å². The number of hydrogen-bond donors (Lipinski definition) is 2. The van der Waals surface area contributed by atoms with Crippen molar-refractivity contribution < 1.29 is 13.2 Å². The van der Waals surface area contributed by atoms with E-state index in [9.17, 15) is 13.2 Å². The highest BCUT2D eigenvalue weighted by Crippen LogP contribution is 2.47. The zero-order valence-electron chi connectivity index (χ0n) is 20.9. The maximum Gasteiger partial charge on any atom is 0.261 e. The summed E-state index contributed by atoms with van der Waals surface area (Å²) < 4.78 is 29.3. The fourth-order valence-electron chi connectivity index (χ4n) is 4.77. The summed E-state index contributed by atoms with van der Waals surface area (Å²) in [5.74, 6) is 0.282. The molecule has 2 aromatic heterocycles. The second kappa shape index (κ2) is 10.4. The number of fused-ring (bicyclic) bond motifs is 2. The number of hydrogen-bond acceptors (Lipinski definition) is 6. The Bertz CT molecular complexity index is 1780. The Kier molecular flexibility index (Phi) is 6.93. The van der Waals surface area contributed by atoms with Gasteiger partial charge in [0, 0.05) is 26.7 Å². The maximum absolute atomic E-state index is 13.5. The van der Waals surface area contributed by atoms with Crippen LogP contribution in [0.2, 0.25) is 5.02 Å². The van der Waals surface area contributed by atoms with E-state index in [0.717, 1.165) is 45.1 Å². The molecular formula is C29H24ClN3O3S3. The molecule has 0 radical (unpaired) electrons. The SMILES string of the molecule is CC1CCc2c(sc(NC(=O)c3cccc(NS(=O)(=O)c4ccc(Cl)cc4)c3)c2-c2nc3ccccc3s2)C1. The van der Waals surface area contributed by atoms with Crippen molar-refractivity contribution in [2.45, 2.75) is 31.1 Å². The van der Waals surface area contributed by atoms with Gasteiger partial charge in [-0.05, 0) is 85.3 Å². The van der Waals surface area contributed by atoms with Gasteiger partial charge in [-0.15, -0.1) is 22.7 Å². The molecule has 0 fully saturated rings. The van der Waals surface area contributed by atoms with Crippen LogP contribution in [0.15, 0.2) is 77.7 Å². The predicted molar refractivity (Wildman–Crippen MR) is 161 cm³/mol. The van der Waals surface area contributed by atoms with Gasteiger partial charge in [0.25, 0.3) is 15.9 Å². The number of sulfonamides is 1. The minimum absolute atomic E-state index is 0.0839. The van der Waals surface area contributed by atoms with Gasteiger partial charge in [0.05, 0.1) is 15.1 Å². The smallest absolute Gasteiger partial charge is 0.261 e. The molecule has 2 N–H and O–H groups in total. The number of carbonyl (C=O) groups is 1. The lowest BCUT2D eigenvalue weighted by Gasteiger charge is -2.18. The van der Waals surface area contributed by atoms with Crippen LogP contribution in [0, 0.1) is 5.92 Å². The number of anilines is 2. The highest BCUT2D eigenvalue weighted by Gasteiger charge is 2.27. The van der Waals surface area contributed by atoms with Gasteiger partial charge in [-0.1, -0.05) is 36.7 Å². The Morgan fingerprint density at radius 1 is 1.03 bits per heavy atom. The molecule has 1 aliphatic carbocycles. The van der Waals surface area contributed by atoms with Crippen molar-refractivity contribution in [3.8, 4) is 10.6 Å². The average molecular weight is 594 g/mol. The van der Waals surface area contributed by atoms with Gasteiger partial charge in [-0.25, -0.2) is 13.4 Å². The summed E-state index contributed by atoms with van der Waals surface area (Å²) in [6.45, 7) is 2.26. The molecule has 1 unspecified atom stereocenters. The molecule has 0 spiro atoms. The number of nitrogens with one attached hydrogen (secondary N) is 2. The van der Waals surface area contributed by atoms with Gasteiger partial charge < -0.3 is 5.32 Å². The number of nitrogens with zero attached hydrogens (tertiary/aromatic N) is 1. The number of amides is 1. The van der Waals surface area contributed by atoms with Crippen molar-refractivity contribution >= 4 is 71.1 Å². The number of thiazole rings is 1. The van der Waals surface area contributed by atoms with Gasteiger partial charge >= 0.3 is 0 Å². The molecular weight excluding hydrogens is 570 g/mol. The second-order valence-corrected chi connectivity index (χ2v) is 13.9. The van der Waals surface area contributed by atoms with Crippen LogP contribution < -0.4 is 10.0 Å². The highest BCUT2D eigenvalue weighted by atomic mass is 35.5. The molecule has 0 saturated heterocycles. The minimum atomic E-state index is -3.84. The summed E-state index contributed by atoms with van der Waals surface area (Å²) in [5.41, 5.74) is 3.87. The molecule has 198 valence electrons. The monoisotopic (exact) mass is 593 g/mol. The van der Waals surface area contributed by atoms with E-state index in [0.29, 0.717) is 22.2 Å². The molecule has 3 aromatic carbocycles. The minimum Gasteiger partial charge on any atom is -0.313 e. The lowest BCUT2D eigenvalue weighted by atomic mass is 9.88. The molecule has 1 atom stereocenters. The van der Waals surface area contributed by atoms with E-state index in [4.69, 9.17) is 16.6 Å². The normalized spacial score (nSPS) is 15.2. The first-order chi connectivity index (χ1) is 18.8. The molecule has 6 rings (SSSR count). The van der Waals surface area contributed by atoms with Crippen molar-refractivity contribution in [1.29, 1.82) is 0 Å². The van der Waals surface area contributed by atoms with E-state index < -0.39 is 10.0 Å². The fourth-order valence-corrected chi connectivity index (χ4v) is 8.46. The van der Waals surface area contributed by atoms with E-state index in [2.05, 4.69) is 23.0 Å². The summed E-state index contributed by atoms with van der Waals surface area (Å²) in [7, 11) is -3.84. The molecule has 0 saturated carbocycles. The van der Waals surface area contributed by atoms with Crippen LogP contribution in [0.5, 0.6) is 0 Å². The number of aromatic nitrogens is 1. The van der Waals surface area contributed by atoms with Crippen molar-refractivity contribution in [2.75, 3.05) is 10.0 Å². The van der Waals surface area contributed by atoms with E-state index in [-0.39, 0.29) is 10.8 Å². The molecule has 1 amide bonds. The summed E-state index contributed by atoms with van der Waals surface area (Å²) in [5, 5.41) is 5.26. The quantitative estimate of drug-likeness (QED) is 0.210. The lowest BCUT2D eigenvalue weighted by molar-refractivity contribution is 0.102. The molecule has 0 aliphatic heterocycles. The second-order valence-electron chi connectivity index (χ2n) is 9.64. The Morgan fingerprint density at radius 3 is 2.62 bits per heavy atom. The van der Waals surface area contributed by atoms with Crippen LogP contribution in [-0.2, 0) is 22.9 Å². The highest BCUT2D eigenvalue weighted by molar-refractivity contribution is 7.92. The van der Waals surface area contributed by atoms with Crippen LogP contribution in [0.1, 0.15) is 34.1 Å². The lowest BCUT2D eigenvalue weighted by Crippen LogP contribution is -2.15. The molecule has 2 heterocycles. The average Bonchev–Trinajstić information content (AvgIpc) is 3.49. The van der Waals surface area contributed by atoms with Crippen molar-refractivity contribution in [3.05, 3.63) is 93.8 Å². The molecule has 5 aromatic rings. The number of carbonyl (C=O) groups excluding carboxylic acids is 1. The van der Waals surface area contributed by atoms with Gasteiger partial charge in [0.15, 0.2) is 0 Å². The van der Waals surface area contributed by atoms with Crippen LogP contribution >= 0.6 is 34.3 Å². The van der Waals surface area contributed by atoms with E-state index in [1.807, 2.05) is 18.2 Å². The van der Waals surface area contributed by atoms with Crippen molar-refractivity contribution in [2.24, 2.45) is 5.92 Å². The Morgan fingerprint density at radius 2 is 1.82 bits per heavy atom. The largest absolute Gasteiger partial charge is 0.313 e. The van der Waals surface area contributed by atoms with Crippen LogP contribution in [0.4, 0.5) is 10.7 Å². The maximum atomic E-state index is 13.5. The first kappa shape index (κ1) is 26.0. The predicted octanol–water partition coefficient (Wildman–Crippen LogP) is 7.86. The zero-order valence-corrected chi connectivity index (χ0v) is 24.1. The third-order valence-corrected chi connectivity index (χ3v) is 10.6. The Hall–Kier alpha value is -3.24. The third kappa shape index (κ3) is 5.32. The van der Waals surface area contributed by atoms with Crippen LogP contribution in [0.25, 0.3) is 20.8 Å². The Balaban J connectivity index is 1.31. The van der Waals surface area contributed by atoms with Crippen LogP contribution in [-0.4, -0.2) is 19.3 Å². The topological polar surface area (TPSA) is 88.2 Å². The fraction of sp³-hybridized carbons (Fsp3) is 0.172. The number of rotatable bonds is 6. The first-order valence-electron chi connectivity index (χ1n) is 12.5. The van der Waals surface area contributed by atoms with Gasteiger partial charge in [-0.3, -0.25) is 9.52 Å². The van der Waals surface area contributed by atoms with Gasteiger partial charge in [-0.2, -0.15) is 0 Å². The van der Waals surface area contributed by atoms with Gasteiger partial charge in [0.1, 0.15) is 10.0 Å². The molecule has 6 nitrogen and oxygen atoms in total. The van der Waals surface area contributed by atoms with E-state index >= 15 is 0 Å². The summed E-state index contributed by atoms with van der Waals surface area (Å²) in [6.07, 6.45) is 3.04. The number of thiophene rings is 1. The summed E-state index contributed by atoms with van der Waals surface area (Å²) in [6, 6.07) is 20.4. The zero-order chi connectivity index (χ0) is 27.1. The standard InChI is InChI=1S/C29H24ClN3O3S3/c1-17-9-14-22-25(15-17)38-29(26(22)28-31-23-7-2-3-8-24(23)37-28)32-27(34)18-5-4-6-20(16-18)33-39(35,36)21-12-10-19(30)11-13-21/h2-8,10-13,16-17,33H,9,14-15H2,1H3,(H,32,34). The molecule has 10 heteroatoms. The van der Waals surface area contributed by atoms with Crippen molar-refractivity contribution in [1.82, 2.24) is 4.98 Å². The molecule has 0 bridgehead atoms. The molecule has 1 aliphatic rings. The summed E-state index contributed by atoms with van der Waals surface area (Å²) >= 11 is 9.14. The van der Waals surface area contributed by atoms with E-state index in [1.54, 1.807) is 40.9 Å².